The zero-order valence-electron chi connectivity index (χ0n) is 13.4. The normalized spacial score (nSPS) is 12.3. The van der Waals surface area contributed by atoms with Gasteiger partial charge in [-0.25, -0.2) is 0 Å². The van der Waals surface area contributed by atoms with Crippen molar-refractivity contribution >= 4 is 34.8 Å². The number of halogens is 2. The van der Waals surface area contributed by atoms with Crippen molar-refractivity contribution in [1.29, 1.82) is 0 Å². The molecule has 0 aliphatic rings. The highest BCUT2D eigenvalue weighted by molar-refractivity contribution is 6.35. The van der Waals surface area contributed by atoms with E-state index >= 15 is 0 Å². The number of nitrogens with one attached hydrogen (secondary N) is 1. The molecule has 0 spiro atoms. The standard InChI is InChI=1S/C18H20Cl2N2O/c1-12-6-4-5-7-14(12)11-22(3)13(2)18(23)21-17-10-15(19)8-9-16(17)20/h4-10,13H,11H2,1-3H3,(H,21,23)/t13-/m1/s1. The van der Waals surface area contributed by atoms with Crippen LogP contribution in [-0.4, -0.2) is 23.9 Å². The summed E-state index contributed by atoms with van der Waals surface area (Å²) in [4.78, 5) is 14.4. The second-order valence-electron chi connectivity index (χ2n) is 5.63. The lowest BCUT2D eigenvalue weighted by molar-refractivity contribution is -0.120. The molecule has 1 N–H and O–H groups in total. The van der Waals surface area contributed by atoms with Gasteiger partial charge in [0, 0.05) is 11.6 Å². The quantitative estimate of drug-likeness (QED) is 0.842. The lowest BCUT2D eigenvalue weighted by Gasteiger charge is -2.24. The van der Waals surface area contributed by atoms with Crippen LogP contribution in [0.15, 0.2) is 42.5 Å². The summed E-state index contributed by atoms with van der Waals surface area (Å²) in [5.41, 5.74) is 2.94. The zero-order valence-corrected chi connectivity index (χ0v) is 14.9. The first-order valence-electron chi connectivity index (χ1n) is 7.39. The van der Waals surface area contributed by atoms with Gasteiger partial charge in [0.05, 0.1) is 16.8 Å². The highest BCUT2D eigenvalue weighted by atomic mass is 35.5. The van der Waals surface area contributed by atoms with E-state index in [9.17, 15) is 4.79 Å². The smallest absolute Gasteiger partial charge is 0.241 e. The summed E-state index contributed by atoms with van der Waals surface area (Å²) >= 11 is 12.0. The van der Waals surface area contributed by atoms with E-state index in [1.54, 1.807) is 18.2 Å². The molecule has 0 saturated carbocycles. The van der Waals surface area contributed by atoms with Gasteiger partial charge < -0.3 is 5.32 Å². The summed E-state index contributed by atoms with van der Waals surface area (Å²) < 4.78 is 0. The number of amides is 1. The number of aryl methyl sites for hydroxylation is 1. The minimum Gasteiger partial charge on any atom is -0.323 e. The summed E-state index contributed by atoms with van der Waals surface area (Å²) in [5, 5.41) is 3.84. The highest BCUT2D eigenvalue weighted by Crippen LogP contribution is 2.25. The first-order valence-corrected chi connectivity index (χ1v) is 8.14. The summed E-state index contributed by atoms with van der Waals surface area (Å²) in [6, 6.07) is 12.9. The predicted molar refractivity (Wildman–Crippen MR) is 97.2 cm³/mol. The van der Waals surface area contributed by atoms with Crippen LogP contribution in [0.1, 0.15) is 18.1 Å². The molecular formula is C18H20Cl2N2O. The van der Waals surface area contributed by atoms with Gasteiger partial charge in [-0.1, -0.05) is 47.5 Å². The average molecular weight is 351 g/mol. The van der Waals surface area contributed by atoms with E-state index in [0.717, 1.165) is 0 Å². The first-order chi connectivity index (χ1) is 10.9. The van der Waals surface area contributed by atoms with Gasteiger partial charge in [-0.15, -0.1) is 0 Å². The minimum atomic E-state index is -0.301. The third-order valence-electron chi connectivity index (χ3n) is 3.91. The van der Waals surface area contributed by atoms with Crippen molar-refractivity contribution in [3.8, 4) is 0 Å². The van der Waals surface area contributed by atoms with E-state index in [2.05, 4.69) is 24.4 Å². The monoisotopic (exact) mass is 350 g/mol. The fourth-order valence-corrected chi connectivity index (χ4v) is 2.56. The van der Waals surface area contributed by atoms with Crippen LogP contribution in [0.4, 0.5) is 5.69 Å². The van der Waals surface area contributed by atoms with Gasteiger partial charge in [-0.2, -0.15) is 0 Å². The van der Waals surface area contributed by atoms with E-state index in [1.165, 1.54) is 11.1 Å². The number of nitrogens with zero attached hydrogens (tertiary/aromatic N) is 1. The molecule has 2 rings (SSSR count). The molecule has 23 heavy (non-hydrogen) atoms. The van der Waals surface area contributed by atoms with Gasteiger partial charge in [0.2, 0.25) is 5.91 Å². The molecule has 5 heteroatoms. The summed E-state index contributed by atoms with van der Waals surface area (Å²) in [6.45, 7) is 4.64. The molecule has 122 valence electrons. The number of rotatable bonds is 5. The van der Waals surface area contributed by atoms with Crippen LogP contribution in [0.3, 0.4) is 0 Å². The van der Waals surface area contributed by atoms with E-state index < -0.39 is 0 Å². The summed E-state index contributed by atoms with van der Waals surface area (Å²) in [5.74, 6) is -0.120. The Hall–Kier alpha value is -1.55. The number of carbonyl (C=O) groups is 1. The number of hydrogen-bond donors (Lipinski definition) is 1. The number of anilines is 1. The maximum absolute atomic E-state index is 12.4. The fraction of sp³-hybridized carbons (Fsp3) is 0.278. The Kier molecular flexibility index (Phi) is 6.05. The number of likely N-dealkylation sites (N-methyl/N-ethyl adjacent to an activating group) is 1. The minimum absolute atomic E-state index is 0.120. The molecule has 2 aromatic carbocycles. The molecule has 3 nitrogen and oxygen atoms in total. The molecule has 2 aromatic rings. The van der Waals surface area contributed by atoms with Crippen molar-refractivity contribution in [3.63, 3.8) is 0 Å². The third kappa shape index (κ3) is 4.71. The molecular weight excluding hydrogens is 331 g/mol. The van der Waals surface area contributed by atoms with Gasteiger partial charge in [-0.3, -0.25) is 9.69 Å². The van der Waals surface area contributed by atoms with Crippen LogP contribution < -0.4 is 5.32 Å². The second kappa shape index (κ2) is 7.82. The molecule has 0 saturated heterocycles. The molecule has 0 aliphatic carbocycles. The summed E-state index contributed by atoms with van der Waals surface area (Å²) in [6.07, 6.45) is 0. The molecule has 0 aromatic heterocycles. The first kappa shape index (κ1) is 17.8. The van der Waals surface area contributed by atoms with Crippen molar-refractivity contribution in [1.82, 2.24) is 4.90 Å². The van der Waals surface area contributed by atoms with Crippen LogP contribution in [-0.2, 0) is 11.3 Å². The van der Waals surface area contributed by atoms with Crippen molar-refractivity contribution in [2.75, 3.05) is 12.4 Å². The van der Waals surface area contributed by atoms with E-state index in [-0.39, 0.29) is 11.9 Å². The van der Waals surface area contributed by atoms with E-state index in [4.69, 9.17) is 23.2 Å². The van der Waals surface area contributed by atoms with Gasteiger partial charge in [0.25, 0.3) is 0 Å². The van der Waals surface area contributed by atoms with Crippen LogP contribution in [0.5, 0.6) is 0 Å². The Morgan fingerprint density at radius 3 is 2.61 bits per heavy atom. The van der Waals surface area contributed by atoms with Crippen molar-refractivity contribution in [2.45, 2.75) is 26.4 Å². The molecule has 0 unspecified atom stereocenters. The van der Waals surface area contributed by atoms with Crippen molar-refractivity contribution < 1.29 is 4.79 Å². The van der Waals surface area contributed by atoms with E-state index in [1.807, 2.05) is 31.0 Å². The molecule has 0 heterocycles. The maximum Gasteiger partial charge on any atom is 0.241 e. The van der Waals surface area contributed by atoms with E-state index in [0.29, 0.717) is 22.3 Å². The Bertz CT molecular complexity index is 703. The Balaban J connectivity index is 2.04. The zero-order chi connectivity index (χ0) is 17.0. The Morgan fingerprint density at radius 2 is 1.91 bits per heavy atom. The number of carbonyl (C=O) groups excluding carboxylic acids is 1. The van der Waals surface area contributed by atoms with Crippen LogP contribution in [0, 0.1) is 6.92 Å². The van der Waals surface area contributed by atoms with Crippen LogP contribution >= 0.6 is 23.2 Å². The molecule has 1 amide bonds. The van der Waals surface area contributed by atoms with Gasteiger partial charge in [0.15, 0.2) is 0 Å². The largest absolute Gasteiger partial charge is 0.323 e. The third-order valence-corrected chi connectivity index (χ3v) is 4.47. The molecule has 1 atom stereocenters. The van der Waals surface area contributed by atoms with Crippen LogP contribution in [0.25, 0.3) is 0 Å². The Labute approximate surface area is 147 Å². The molecule has 0 bridgehead atoms. The fourth-order valence-electron chi connectivity index (χ4n) is 2.22. The number of hydrogen-bond acceptors (Lipinski definition) is 2. The van der Waals surface area contributed by atoms with Crippen LogP contribution in [0.2, 0.25) is 10.0 Å². The maximum atomic E-state index is 12.4. The number of benzene rings is 2. The van der Waals surface area contributed by atoms with Crippen molar-refractivity contribution in [2.24, 2.45) is 0 Å². The Morgan fingerprint density at radius 1 is 1.22 bits per heavy atom. The lowest BCUT2D eigenvalue weighted by Crippen LogP contribution is -2.39. The predicted octanol–water partition coefficient (Wildman–Crippen LogP) is 4.76. The second-order valence-corrected chi connectivity index (χ2v) is 6.47. The highest BCUT2D eigenvalue weighted by Gasteiger charge is 2.19. The van der Waals surface area contributed by atoms with Gasteiger partial charge in [0.1, 0.15) is 0 Å². The summed E-state index contributed by atoms with van der Waals surface area (Å²) in [7, 11) is 1.93. The topological polar surface area (TPSA) is 32.3 Å². The molecule has 0 fully saturated rings. The average Bonchev–Trinajstić information content (AvgIpc) is 2.52. The van der Waals surface area contributed by atoms with Crippen molar-refractivity contribution in [3.05, 3.63) is 63.6 Å². The lowest BCUT2D eigenvalue weighted by atomic mass is 10.1. The molecule has 0 aliphatic heterocycles. The van der Waals surface area contributed by atoms with Gasteiger partial charge in [-0.05, 0) is 50.2 Å². The van der Waals surface area contributed by atoms with Gasteiger partial charge >= 0.3 is 0 Å². The molecule has 0 radical (unpaired) electrons. The SMILES string of the molecule is Cc1ccccc1CN(C)[C@H](C)C(=O)Nc1cc(Cl)ccc1Cl.